The first-order valence-electron chi connectivity index (χ1n) is 4.93. The number of halogens is 2. The average Bonchev–Trinajstić information content (AvgIpc) is 2.22. The summed E-state index contributed by atoms with van der Waals surface area (Å²) >= 11 is 0. The highest BCUT2D eigenvalue weighted by Gasteiger charge is 2.10. The Bertz CT molecular complexity index is 317. The number of benzene rings is 1. The molecule has 4 heteroatoms. The maximum atomic E-state index is 12.9. The minimum Gasteiger partial charge on any atom is -0.508 e. The SMILES string of the molecule is CC(NCCCF)c1cc(F)ccc1O. The van der Waals surface area contributed by atoms with Crippen molar-refractivity contribution in [3.8, 4) is 5.75 Å². The first kappa shape index (κ1) is 11.9. The molecule has 0 aromatic heterocycles. The number of hydrogen-bond donors (Lipinski definition) is 2. The number of rotatable bonds is 5. The maximum absolute atomic E-state index is 12.9. The number of phenolic OH excluding ortho intramolecular Hbond substituents is 1. The van der Waals surface area contributed by atoms with Crippen molar-refractivity contribution < 1.29 is 13.9 Å². The molecule has 2 nitrogen and oxygen atoms in total. The van der Waals surface area contributed by atoms with Crippen molar-refractivity contribution in [2.45, 2.75) is 19.4 Å². The van der Waals surface area contributed by atoms with E-state index in [1.807, 2.05) is 0 Å². The first-order valence-corrected chi connectivity index (χ1v) is 4.93. The van der Waals surface area contributed by atoms with Gasteiger partial charge in [0, 0.05) is 11.6 Å². The lowest BCUT2D eigenvalue weighted by Gasteiger charge is -2.15. The van der Waals surface area contributed by atoms with Gasteiger partial charge < -0.3 is 10.4 Å². The van der Waals surface area contributed by atoms with Crippen LogP contribution in [0.3, 0.4) is 0 Å². The largest absolute Gasteiger partial charge is 0.508 e. The number of hydrogen-bond acceptors (Lipinski definition) is 2. The van der Waals surface area contributed by atoms with E-state index >= 15 is 0 Å². The van der Waals surface area contributed by atoms with Crippen molar-refractivity contribution in [2.24, 2.45) is 0 Å². The van der Waals surface area contributed by atoms with Gasteiger partial charge in [0.2, 0.25) is 0 Å². The molecule has 0 spiro atoms. The number of phenols is 1. The summed E-state index contributed by atoms with van der Waals surface area (Å²) < 4.78 is 24.7. The second kappa shape index (κ2) is 5.66. The summed E-state index contributed by atoms with van der Waals surface area (Å²) in [5, 5.41) is 12.5. The van der Waals surface area contributed by atoms with E-state index in [9.17, 15) is 13.9 Å². The molecule has 0 aliphatic carbocycles. The van der Waals surface area contributed by atoms with Gasteiger partial charge in [0.1, 0.15) is 11.6 Å². The van der Waals surface area contributed by atoms with E-state index in [0.29, 0.717) is 18.5 Å². The molecule has 1 aromatic carbocycles. The van der Waals surface area contributed by atoms with E-state index in [4.69, 9.17) is 0 Å². The fourth-order valence-electron chi connectivity index (χ4n) is 1.37. The molecule has 84 valence electrons. The molecule has 1 atom stereocenters. The van der Waals surface area contributed by atoms with Crippen molar-refractivity contribution in [1.82, 2.24) is 5.32 Å². The van der Waals surface area contributed by atoms with E-state index < -0.39 is 0 Å². The first-order chi connectivity index (χ1) is 7.15. The molecule has 0 heterocycles. The standard InChI is InChI=1S/C11H15F2NO/c1-8(14-6-2-5-12)10-7-9(13)3-4-11(10)15/h3-4,7-8,14-15H,2,5-6H2,1H3. The molecule has 15 heavy (non-hydrogen) atoms. The van der Waals surface area contributed by atoms with Crippen molar-refractivity contribution in [1.29, 1.82) is 0 Å². The zero-order valence-electron chi connectivity index (χ0n) is 8.63. The van der Waals surface area contributed by atoms with Gasteiger partial charge in [0.15, 0.2) is 0 Å². The zero-order chi connectivity index (χ0) is 11.3. The third-order valence-corrected chi connectivity index (χ3v) is 2.22. The molecule has 1 rings (SSSR count). The van der Waals surface area contributed by atoms with Crippen LogP contribution in [0.5, 0.6) is 5.75 Å². The Kier molecular flexibility index (Phi) is 4.49. The van der Waals surface area contributed by atoms with Gasteiger partial charge in [-0.15, -0.1) is 0 Å². The van der Waals surface area contributed by atoms with Crippen LogP contribution in [0.15, 0.2) is 18.2 Å². The second-order valence-electron chi connectivity index (χ2n) is 3.42. The van der Waals surface area contributed by atoms with E-state index in [-0.39, 0.29) is 24.3 Å². The highest BCUT2D eigenvalue weighted by atomic mass is 19.1. The van der Waals surface area contributed by atoms with Gasteiger partial charge in [0.25, 0.3) is 0 Å². The Morgan fingerprint density at radius 2 is 2.20 bits per heavy atom. The molecule has 0 saturated carbocycles. The topological polar surface area (TPSA) is 32.3 Å². The lowest BCUT2D eigenvalue weighted by atomic mass is 10.1. The minimum atomic E-state index is -0.387. The Morgan fingerprint density at radius 3 is 2.87 bits per heavy atom. The van der Waals surface area contributed by atoms with Gasteiger partial charge in [-0.25, -0.2) is 4.39 Å². The van der Waals surface area contributed by atoms with E-state index in [1.54, 1.807) is 6.92 Å². The third-order valence-electron chi connectivity index (χ3n) is 2.22. The molecule has 0 aliphatic heterocycles. The van der Waals surface area contributed by atoms with E-state index in [0.717, 1.165) is 0 Å². The summed E-state index contributed by atoms with van der Waals surface area (Å²) in [4.78, 5) is 0. The van der Waals surface area contributed by atoms with E-state index in [2.05, 4.69) is 5.32 Å². The quantitative estimate of drug-likeness (QED) is 0.740. The normalized spacial score (nSPS) is 12.7. The molecule has 1 aromatic rings. The molecule has 0 aliphatic rings. The molecule has 0 amide bonds. The van der Waals surface area contributed by atoms with Crippen LogP contribution in [0.25, 0.3) is 0 Å². The number of alkyl halides is 1. The smallest absolute Gasteiger partial charge is 0.123 e. The van der Waals surface area contributed by atoms with Crippen LogP contribution in [0.1, 0.15) is 24.9 Å². The fraction of sp³-hybridized carbons (Fsp3) is 0.455. The highest BCUT2D eigenvalue weighted by Crippen LogP contribution is 2.24. The van der Waals surface area contributed by atoms with Gasteiger partial charge in [-0.05, 0) is 38.1 Å². The highest BCUT2D eigenvalue weighted by molar-refractivity contribution is 5.34. The van der Waals surface area contributed by atoms with Crippen LogP contribution in [-0.4, -0.2) is 18.3 Å². The summed E-state index contributed by atoms with van der Waals surface area (Å²) in [7, 11) is 0. The molecule has 0 saturated heterocycles. The summed E-state index contributed by atoms with van der Waals surface area (Å²) in [6.07, 6.45) is 0.417. The van der Waals surface area contributed by atoms with Crippen molar-refractivity contribution in [2.75, 3.05) is 13.2 Å². The molecule has 2 N–H and O–H groups in total. The summed E-state index contributed by atoms with van der Waals surface area (Å²) in [5.74, 6) is -0.335. The summed E-state index contributed by atoms with van der Waals surface area (Å²) in [5.41, 5.74) is 0.494. The third kappa shape index (κ3) is 3.47. The minimum absolute atomic E-state index is 0.0525. The second-order valence-corrected chi connectivity index (χ2v) is 3.42. The van der Waals surface area contributed by atoms with Crippen molar-refractivity contribution in [3.05, 3.63) is 29.6 Å². The molecular formula is C11H15F2NO. The molecular weight excluding hydrogens is 200 g/mol. The lowest BCUT2D eigenvalue weighted by Crippen LogP contribution is -2.20. The van der Waals surface area contributed by atoms with Crippen LogP contribution >= 0.6 is 0 Å². The fourth-order valence-corrected chi connectivity index (χ4v) is 1.37. The van der Waals surface area contributed by atoms with Crippen LogP contribution in [-0.2, 0) is 0 Å². The Labute approximate surface area is 87.9 Å². The number of aromatic hydroxyl groups is 1. The van der Waals surface area contributed by atoms with Crippen LogP contribution < -0.4 is 5.32 Å². The van der Waals surface area contributed by atoms with Crippen LogP contribution in [0.4, 0.5) is 8.78 Å². The molecule has 0 radical (unpaired) electrons. The van der Waals surface area contributed by atoms with Gasteiger partial charge in [-0.2, -0.15) is 0 Å². The van der Waals surface area contributed by atoms with Crippen LogP contribution in [0.2, 0.25) is 0 Å². The Hall–Kier alpha value is -1.16. The summed E-state index contributed by atoms with van der Waals surface area (Å²) in [6, 6.07) is 3.61. The molecule has 0 fully saturated rings. The maximum Gasteiger partial charge on any atom is 0.123 e. The number of nitrogens with one attached hydrogen (secondary N) is 1. The van der Waals surface area contributed by atoms with Crippen LogP contribution in [0, 0.1) is 5.82 Å². The van der Waals surface area contributed by atoms with Gasteiger partial charge in [-0.3, -0.25) is 4.39 Å². The van der Waals surface area contributed by atoms with Crippen molar-refractivity contribution in [3.63, 3.8) is 0 Å². The molecule has 0 bridgehead atoms. The van der Waals surface area contributed by atoms with E-state index in [1.165, 1.54) is 18.2 Å². The summed E-state index contributed by atoms with van der Waals surface area (Å²) in [6.45, 7) is 1.93. The predicted octanol–water partition coefficient (Wildman–Crippen LogP) is 2.54. The monoisotopic (exact) mass is 215 g/mol. The van der Waals surface area contributed by atoms with Gasteiger partial charge in [-0.1, -0.05) is 0 Å². The average molecular weight is 215 g/mol. The predicted molar refractivity (Wildman–Crippen MR) is 55.1 cm³/mol. The lowest BCUT2D eigenvalue weighted by molar-refractivity contribution is 0.430. The van der Waals surface area contributed by atoms with Crippen molar-refractivity contribution >= 4 is 0 Å². The van der Waals surface area contributed by atoms with Gasteiger partial charge in [0.05, 0.1) is 6.67 Å². The Morgan fingerprint density at radius 1 is 1.47 bits per heavy atom. The Balaban J connectivity index is 2.64. The zero-order valence-corrected chi connectivity index (χ0v) is 8.63. The van der Waals surface area contributed by atoms with Gasteiger partial charge >= 0.3 is 0 Å². The molecule has 1 unspecified atom stereocenters.